The van der Waals surface area contributed by atoms with Crippen molar-refractivity contribution in [1.29, 1.82) is 0 Å². The number of aryl methyl sites for hydroxylation is 1. The molecular formula is C12H11F3N3O3S+. The van der Waals surface area contributed by atoms with E-state index < -0.39 is 23.3 Å². The van der Waals surface area contributed by atoms with E-state index in [1.165, 1.54) is 23.9 Å². The van der Waals surface area contributed by atoms with Crippen LogP contribution in [0.2, 0.25) is 0 Å². The summed E-state index contributed by atoms with van der Waals surface area (Å²) in [5.74, 6) is -0.683. The number of thioether (sulfide) groups is 1. The molecule has 0 saturated carbocycles. The average molecular weight is 334 g/mol. The molecule has 1 amide bonds. The summed E-state index contributed by atoms with van der Waals surface area (Å²) >= 11 is 0.909. The van der Waals surface area contributed by atoms with Crippen LogP contribution in [0.25, 0.3) is 0 Å². The van der Waals surface area contributed by atoms with Gasteiger partial charge in [-0.2, -0.15) is 13.2 Å². The van der Waals surface area contributed by atoms with Crippen molar-refractivity contribution in [2.45, 2.75) is 11.2 Å². The van der Waals surface area contributed by atoms with Gasteiger partial charge < -0.3 is 5.32 Å². The van der Waals surface area contributed by atoms with E-state index in [0.717, 1.165) is 23.9 Å². The van der Waals surface area contributed by atoms with Gasteiger partial charge in [0, 0.05) is 5.69 Å². The molecule has 0 unspecified atom stereocenters. The number of nitrogens with zero attached hydrogens (tertiary/aromatic N) is 1. The number of rotatable bonds is 4. The molecule has 2 rings (SSSR count). The quantitative estimate of drug-likeness (QED) is 0.657. The van der Waals surface area contributed by atoms with Gasteiger partial charge in [-0.3, -0.25) is 9.32 Å². The van der Waals surface area contributed by atoms with E-state index in [-0.39, 0.29) is 16.5 Å². The summed E-state index contributed by atoms with van der Waals surface area (Å²) in [6.45, 7) is 0. The molecule has 6 nitrogen and oxygen atoms in total. The van der Waals surface area contributed by atoms with Crippen LogP contribution in [-0.2, 0) is 18.0 Å². The second-order valence-electron chi connectivity index (χ2n) is 4.26. The van der Waals surface area contributed by atoms with Crippen molar-refractivity contribution in [2.75, 3.05) is 11.1 Å². The maximum Gasteiger partial charge on any atom is 0.441 e. The van der Waals surface area contributed by atoms with E-state index in [1.54, 1.807) is 0 Å². The molecule has 1 aromatic heterocycles. The average Bonchev–Trinajstić information content (AvgIpc) is 2.75. The summed E-state index contributed by atoms with van der Waals surface area (Å²) in [5, 5.41) is 4.81. The summed E-state index contributed by atoms with van der Waals surface area (Å²) in [4.78, 5) is 23.0. The highest BCUT2D eigenvalue weighted by atomic mass is 32.2. The Morgan fingerprint density at radius 1 is 1.45 bits per heavy atom. The van der Waals surface area contributed by atoms with E-state index >= 15 is 0 Å². The van der Waals surface area contributed by atoms with Gasteiger partial charge in [0.2, 0.25) is 5.91 Å². The molecular weight excluding hydrogens is 323 g/mol. The molecule has 0 atom stereocenters. The summed E-state index contributed by atoms with van der Waals surface area (Å²) < 4.78 is 43.5. The van der Waals surface area contributed by atoms with Crippen molar-refractivity contribution in [1.82, 2.24) is 5.27 Å². The number of alkyl halides is 3. The van der Waals surface area contributed by atoms with E-state index in [9.17, 15) is 22.8 Å². The van der Waals surface area contributed by atoms with Crippen molar-refractivity contribution < 1.29 is 27.2 Å². The summed E-state index contributed by atoms with van der Waals surface area (Å²) in [7, 11) is 1.53. The van der Waals surface area contributed by atoms with Crippen LogP contribution < -0.4 is 15.6 Å². The van der Waals surface area contributed by atoms with Gasteiger partial charge in [-0.25, -0.2) is 4.79 Å². The Hall–Kier alpha value is -2.23. The van der Waals surface area contributed by atoms with Crippen LogP contribution >= 0.6 is 11.8 Å². The molecule has 1 heterocycles. The third kappa shape index (κ3) is 3.91. The third-order valence-corrected chi connectivity index (χ3v) is 3.69. The van der Waals surface area contributed by atoms with Gasteiger partial charge >= 0.3 is 16.8 Å². The maximum atomic E-state index is 12.6. The number of aromatic amines is 1. The Bertz CT molecular complexity index is 739. The minimum Gasteiger partial charge on any atom is -0.325 e. The number of hydrogen-bond acceptors (Lipinski definition) is 4. The Kier molecular flexibility index (Phi) is 4.59. The first-order chi connectivity index (χ1) is 10.3. The molecule has 2 N–H and O–H groups in total. The summed E-state index contributed by atoms with van der Waals surface area (Å²) in [6, 6.07) is 4.30. The molecule has 0 aliphatic rings. The van der Waals surface area contributed by atoms with Gasteiger partial charge in [0.1, 0.15) is 0 Å². The van der Waals surface area contributed by atoms with Crippen LogP contribution in [0, 0.1) is 0 Å². The Labute approximate surface area is 126 Å². The number of carbonyl (C=O) groups is 1. The molecule has 10 heteroatoms. The highest BCUT2D eigenvalue weighted by molar-refractivity contribution is 7.99. The van der Waals surface area contributed by atoms with Crippen molar-refractivity contribution in [3.05, 3.63) is 40.2 Å². The van der Waals surface area contributed by atoms with Gasteiger partial charge in [-0.05, 0) is 35.2 Å². The molecule has 0 fully saturated rings. The lowest BCUT2D eigenvalue weighted by molar-refractivity contribution is -0.772. The molecule has 0 saturated heterocycles. The Morgan fingerprint density at radius 3 is 2.77 bits per heavy atom. The minimum atomic E-state index is -4.48. The second kappa shape index (κ2) is 6.26. The molecule has 1 aromatic carbocycles. The normalized spacial score (nSPS) is 11.5. The zero-order valence-electron chi connectivity index (χ0n) is 11.2. The van der Waals surface area contributed by atoms with Gasteiger partial charge in [-0.15, -0.1) is 0 Å². The van der Waals surface area contributed by atoms with Crippen molar-refractivity contribution in [3.63, 3.8) is 0 Å². The number of halogens is 3. The van der Waals surface area contributed by atoms with Crippen molar-refractivity contribution >= 4 is 23.4 Å². The Morgan fingerprint density at radius 2 is 2.18 bits per heavy atom. The van der Waals surface area contributed by atoms with Gasteiger partial charge in [-0.1, -0.05) is 10.7 Å². The first-order valence-electron chi connectivity index (χ1n) is 5.95. The fourth-order valence-corrected chi connectivity index (χ4v) is 2.32. The molecule has 22 heavy (non-hydrogen) atoms. The number of hydrogen-bond donors (Lipinski definition) is 2. The van der Waals surface area contributed by atoms with Gasteiger partial charge in [0.15, 0.2) is 7.05 Å². The SMILES string of the molecule is C[n+]1[nH]oc(=O)c1SCC(=O)Nc1cccc(C(F)(F)F)c1. The highest BCUT2D eigenvalue weighted by Crippen LogP contribution is 2.30. The lowest BCUT2D eigenvalue weighted by Gasteiger charge is -2.09. The first-order valence-corrected chi connectivity index (χ1v) is 6.93. The number of aromatic nitrogens is 2. The lowest BCUT2D eigenvalue weighted by atomic mass is 10.2. The van der Waals surface area contributed by atoms with Crippen LogP contribution in [0.5, 0.6) is 0 Å². The van der Waals surface area contributed by atoms with E-state index in [4.69, 9.17) is 0 Å². The predicted octanol–water partition coefficient (Wildman–Crippen LogP) is 1.54. The summed E-state index contributed by atoms with van der Waals surface area (Å²) in [5.41, 5.74) is -1.44. The molecule has 0 spiro atoms. The molecule has 118 valence electrons. The van der Waals surface area contributed by atoms with E-state index in [1.807, 2.05) is 0 Å². The first kappa shape index (κ1) is 16.1. The largest absolute Gasteiger partial charge is 0.441 e. The molecule has 2 aromatic rings. The molecule has 0 aliphatic heterocycles. The maximum absolute atomic E-state index is 12.6. The van der Waals surface area contributed by atoms with Crippen LogP contribution in [0.15, 0.2) is 38.6 Å². The number of amides is 1. The van der Waals surface area contributed by atoms with Gasteiger partial charge in [0.25, 0.3) is 0 Å². The lowest BCUT2D eigenvalue weighted by Crippen LogP contribution is -2.34. The Balaban J connectivity index is 1.99. The summed E-state index contributed by atoms with van der Waals surface area (Å²) in [6.07, 6.45) is -4.48. The monoisotopic (exact) mass is 334 g/mol. The van der Waals surface area contributed by atoms with E-state index in [0.29, 0.717) is 0 Å². The number of nitrogens with one attached hydrogen (secondary N) is 2. The molecule has 0 bridgehead atoms. The smallest absolute Gasteiger partial charge is 0.325 e. The zero-order valence-corrected chi connectivity index (χ0v) is 12.0. The number of H-pyrrole nitrogens is 1. The van der Waals surface area contributed by atoms with E-state index in [2.05, 4.69) is 15.1 Å². The van der Waals surface area contributed by atoms with Crippen LogP contribution in [-0.4, -0.2) is 16.9 Å². The zero-order chi connectivity index (χ0) is 16.3. The molecule has 0 aliphatic carbocycles. The van der Waals surface area contributed by atoms with Crippen LogP contribution in [0.1, 0.15) is 5.56 Å². The predicted molar refractivity (Wildman–Crippen MR) is 71.3 cm³/mol. The third-order valence-electron chi connectivity index (χ3n) is 2.57. The number of benzene rings is 1. The standard InChI is InChI=1S/C12H10F3N3O3S/c1-18-10(11(20)21-17-18)22-6-9(19)16-8-4-2-3-7(5-8)12(13,14)15/h2-5H,6H2,1H3,(H-,16,17,19,20)/p+1. The van der Waals surface area contributed by atoms with Gasteiger partial charge in [0.05, 0.1) is 11.3 Å². The van der Waals surface area contributed by atoms with Crippen LogP contribution in [0.3, 0.4) is 0 Å². The van der Waals surface area contributed by atoms with Crippen molar-refractivity contribution in [3.8, 4) is 0 Å². The topological polar surface area (TPSA) is 79.0 Å². The second-order valence-corrected chi connectivity index (χ2v) is 5.22. The van der Waals surface area contributed by atoms with Crippen molar-refractivity contribution in [2.24, 2.45) is 7.05 Å². The highest BCUT2D eigenvalue weighted by Gasteiger charge is 2.30. The fraction of sp³-hybridized carbons (Fsp3) is 0.250. The molecule has 0 radical (unpaired) electrons. The fourth-order valence-electron chi connectivity index (χ4n) is 1.59. The number of carbonyl (C=O) groups excluding carboxylic acids is 1. The minimum absolute atomic E-state index is 0.0332. The number of anilines is 1. The van der Waals surface area contributed by atoms with Crippen LogP contribution in [0.4, 0.5) is 18.9 Å².